The average molecular weight is 249 g/mol. The third kappa shape index (κ3) is 1.97. The van der Waals surface area contributed by atoms with Crippen LogP contribution >= 0.6 is 11.6 Å². The molecule has 1 nitrogen and oxygen atoms in total. The van der Waals surface area contributed by atoms with Gasteiger partial charge >= 0.3 is 0 Å². The van der Waals surface area contributed by atoms with Gasteiger partial charge in [-0.2, -0.15) is 0 Å². The van der Waals surface area contributed by atoms with Gasteiger partial charge in [0.2, 0.25) is 0 Å². The summed E-state index contributed by atoms with van der Waals surface area (Å²) in [6, 6.07) is 8.46. The molecule has 0 radical (unpaired) electrons. The molecule has 1 fully saturated rings. The van der Waals surface area contributed by atoms with E-state index in [2.05, 4.69) is 31.2 Å². The van der Waals surface area contributed by atoms with Crippen LogP contribution in [0.3, 0.4) is 0 Å². The van der Waals surface area contributed by atoms with Crippen molar-refractivity contribution in [3.63, 3.8) is 0 Å². The van der Waals surface area contributed by atoms with Crippen molar-refractivity contribution in [3.05, 3.63) is 35.6 Å². The van der Waals surface area contributed by atoms with Crippen LogP contribution in [-0.2, 0) is 0 Å². The zero-order valence-electron chi connectivity index (χ0n) is 10.1. The number of aryl methyl sites for hydroxylation is 1. The maximum absolute atomic E-state index is 6.42. The highest BCUT2D eigenvalue weighted by Crippen LogP contribution is 2.39. The van der Waals surface area contributed by atoms with Gasteiger partial charge in [0.15, 0.2) is 0 Å². The molecule has 0 amide bonds. The lowest BCUT2D eigenvalue weighted by atomic mass is 9.87. The highest BCUT2D eigenvalue weighted by atomic mass is 35.5. The van der Waals surface area contributed by atoms with Gasteiger partial charge in [-0.15, -0.1) is 11.6 Å². The molecule has 90 valence electrons. The van der Waals surface area contributed by atoms with Gasteiger partial charge in [0.25, 0.3) is 0 Å². The minimum absolute atomic E-state index is 0.240. The summed E-state index contributed by atoms with van der Waals surface area (Å²) in [5.41, 5.74) is 2.23. The Morgan fingerprint density at radius 2 is 2.06 bits per heavy atom. The Kier molecular flexibility index (Phi) is 2.87. The van der Waals surface area contributed by atoms with Crippen molar-refractivity contribution in [3.8, 4) is 0 Å². The van der Waals surface area contributed by atoms with E-state index in [1.807, 2.05) is 0 Å². The summed E-state index contributed by atoms with van der Waals surface area (Å²) in [7, 11) is 0. The highest BCUT2D eigenvalue weighted by Gasteiger charge is 2.27. The third-order valence-corrected chi connectivity index (χ3v) is 4.33. The molecule has 1 aliphatic rings. The molecule has 2 unspecified atom stereocenters. The SMILES string of the molecule is Cc1cccc2cc(C3CCCCC3Cl)oc12. The van der Waals surface area contributed by atoms with Crippen LogP contribution in [0.2, 0.25) is 0 Å². The summed E-state index contributed by atoms with van der Waals surface area (Å²) in [5, 5.41) is 1.44. The Labute approximate surface area is 107 Å². The second-order valence-corrected chi connectivity index (χ2v) is 5.61. The number of hydrogen-bond donors (Lipinski definition) is 0. The Hall–Kier alpha value is -0.950. The average Bonchev–Trinajstić information content (AvgIpc) is 2.75. The van der Waals surface area contributed by atoms with Crippen LogP contribution in [0.5, 0.6) is 0 Å². The number of furan rings is 1. The predicted molar refractivity (Wildman–Crippen MR) is 71.8 cm³/mol. The Balaban J connectivity index is 2.02. The van der Waals surface area contributed by atoms with E-state index in [0.29, 0.717) is 5.92 Å². The third-order valence-electron chi connectivity index (χ3n) is 3.81. The number of fused-ring (bicyclic) bond motifs is 1. The molecule has 0 aliphatic heterocycles. The topological polar surface area (TPSA) is 13.1 Å². The molecule has 0 spiro atoms. The van der Waals surface area contributed by atoms with Crippen molar-refractivity contribution < 1.29 is 4.42 Å². The van der Waals surface area contributed by atoms with Crippen LogP contribution < -0.4 is 0 Å². The van der Waals surface area contributed by atoms with E-state index in [1.165, 1.54) is 23.8 Å². The molecule has 3 rings (SSSR count). The van der Waals surface area contributed by atoms with Crippen molar-refractivity contribution >= 4 is 22.6 Å². The zero-order valence-corrected chi connectivity index (χ0v) is 10.8. The number of alkyl halides is 1. The van der Waals surface area contributed by atoms with E-state index < -0.39 is 0 Å². The van der Waals surface area contributed by atoms with E-state index >= 15 is 0 Å². The summed E-state index contributed by atoms with van der Waals surface area (Å²) < 4.78 is 6.02. The molecule has 0 saturated heterocycles. The van der Waals surface area contributed by atoms with Gasteiger partial charge in [-0.25, -0.2) is 0 Å². The van der Waals surface area contributed by atoms with Gasteiger partial charge in [0.1, 0.15) is 11.3 Å². The molecule has 17 heavy (non-hydrogen) atoms. The van der Waals surface area contributed by atoms with Crippen LogP contribution in [-0.4, -0.2) is 5.38 Å². The minimum atomic E-state index is 0.240. The van der Waals surface area contributed by atoms with E-state index in [4.69, 9.17) is 16.0 Å². The molecule has 1 aliphatic carbocycles. The highest BCUT2D eigenvalue weighted by molar-refractivity contribution is 6.21. The number of para-hydroxylation sites is 1. The van der Waals surface area contributed by atoms with Gasteiger partial charge in [0, 0.05) is 16.7 Å². The predicted octanol–water partition coefficient (Wildman–Crippen LogP) is 5.01. The van der Waals surface area contributed by atoms with Crippen LogP contribution in [0, 0.1) is 6.92 Å². The summed E-state index contributed by atoms with van der Waals surface area (Å²) in [5.74, 6) is 1.48. The van der Waals surface area contributed by atoms with Crippen LogP contribution in [0.4, 0.5) is 0 Å². The maximum atomic E-state index is 6.42. The van der Waals surface area contributed by atoms with Gasteiger partial charge in [-0.1, -0.05) is 31.0 Å². The van der Waals surface area contributed by atoms with Gasteiger partial charge in [0.05, 0.1) is 0 Å². The van der Waals surface area contributed by atoms with Crippen molar-refractivity contribution in [2.24, 2.45) is 0 Å². The largest absolute Gasteiger partial charge is 0.460 e. The van der Waals surface area contributed by atoms with Crippen LogP contribution in [0.25, 0.3) is 11.0 Å². The van der Waals surface area contributed by atoms with E-state index in [0.717, 1.165) is 24.2 Å². The fourth-order valence-electron chi connectivity index (χ4n) is 2.82. The Bertz CT molecular complexity index is 529. The van der Waals surface area contributed by atoms with E-state index in [9.17, 15) is 0 Å². The van der Waals surface area contributed by atoms with Crippen molar-refractivity contribution in [1.82, 2.24) is 0 Å². The number of hydrogen-bond acceptors (Lipinski definition) is 1. The lowest BCUT2D eigenvalue weighted by Gasteiger charge is -2.24. The van der Waals surface area contributed by atoms with Crippen molar-refractivity contribution in [2.45, 2.75) is 43.9 Å². The minimum Gasteiger partial charge on any atom is -0.460 e. The zero-order chi connectivity index (χ0) is 11.8. The number of rotatable bonds is 1. The molecule has 1 aromatic carbocycles. The Morgan fingerprint density at radius 1 is 1.24 bits per heavy atom. The summed E-state index contributed by atoms with van der Waals surface area (Å²) in [6.07, 6.45) is 4.79. The number of benzene rings is 1. The first-order valence-electron chi connectivity index (χ1n) is 6.39. The lowest BCUT2D eigenvalue weighted by Crippen LogP contribution is -2.16. The molecule has 0 N–H and O–H groups in total. The second kappa shape index (κ2) is 4.38. The first-order valence-corrected chi connectivity index (χ1v) is 6.82. The molecular formula is C15H17ClO. The standard InChI is InChI=1S/C15H17ClO/c1-10-5-4-6-11-9-14(17-15(10)11)12-7-2-3-8-13(12)16/h4-6,9,12-13H,2-3,7-8H2,1H3. The Morgan fingerprint density at radius 3 is 2.82 bits per heavy atom. The molecular weight excluding hydrogens is 232 g/mol. The number of halogens is 1. The molecule has 0 bridgehead atoms. The molecule has 1 saturated carbocycles. The quantitative estimate of drug-likeness (QED) is 0.647. The van der Waals surface area contributed by atoms with Crippen LogP contribution in [0.1, 0.15) is 42.9 Å². The van der Waals surface area contributed by atoms with Gasteiger partial charge in [-0.3, -0.25) is 0 Å². The molecule has 1 aromatic heterocycles. The van der Waals surface area contributed by atoms with Crippen molar-refractivity contribution in [1.29, 1.82) is 0 Å². The van der Waals surface area contributed by atoms with Crippen molar-refractivity contribution in [2.75, 3.05) is 0 Å². The second-order valence-electron chi connectivity index (χ2n) is 5.05. The van der Waals surface area contributed by atoms with E-state index in [-0.39, 0.29) is 5.38 Å². The summed E-state index contributed by atoms with van der Waals surface area (Å²) in [6.45, 7) is 2.09. The first kappa shape index (κ1) is 11.2. The molecule has 2 heteroatoms. The summed E-state index contributed by atoms with van der Waals surface area (Å²) in [4.78, 5) is 0. The lowest BCUT2D eigenvalue weighted by molar-refractivity contribution is 0.390. The molecule has 1 heterocycles. The van der Waals surface area contributed by atoms with Crippen LogP contribution in [0.15, 0.2) is 28.7 Å². The van der Waals surface area contributed by atoms with E-state index in [1.54, 1.807) is 0 Å². The fourth-order valence-corrected chi connectivity index (χ4v) is 3.22. The fraction of sp³-hybridized carbons (Fsp3) is 0.467. The monoisotopic (exact) mass is 248 g/mol. The van der Waals surface area contributed by atoms with Gasteiger partial charge < -0.3 is 4.42 Å². The smallest absolute Gasteiger partial charge is 0.137 e. The summed E-state index contributed by atoms with van der Waals surface area (Å²) >= 11 is 6.42. The molecule has 2 atom stereocenters. The first-order chi connectivity index (χ1) is 8.25. The maximum Gasteiger partial charge on any atom is 0.137 e. The normalized spacial score (nSPS) is 25.3. The van der Waals surface area contributed by atoms with Gasteiger partial charge in [-0.05, 0) is 31.4 Å². The molecule has 2 aromatic rings.